The minimum atomic E-state index is -0.0727. The first-order chi connectivity index (χ1) is 11.6. The number of aromatic amines is 1. The molecule has 4 nitrogen and oxygen atoms in total. The molecule has 0 radical (unpaired) electrons. The van der Waals surface area contributed by atoms with E-state index in [1.54, 1.807) is 6.92 Å². The highest BCUT2D eigenvalue weighted by atomic mass is 16.5. The Hall–Kier alpha value is -3.14. The van der Waals surface area contributed by atoms with Gasteiger partial charge in [0, 0.05) is 16.8 Å². The van der Waals surface area contributed by atoms with Crippen LogP contribution in [-0.2, 0) is 0 Å². The summed E-state index contributed by atoms with van der Waals surface area (Å²) in [5, 5.41) is 0. The Balaban J connectivity index is 1.97. The third-order valence-corrected chi connectivity index (χ3v) is 3.81. The zero-order chi connectivity index (χ0) is 17.1. The van der Waals surface area contributed by atoms with Crippen molar-refractivity contribution in [1.82, 2.24) is 4.98 Å². The monoisotopic (exact) mass is 319 g/mol. The van der Waals surface area contributed by atoms with Crippen LogP contribution in [0.5, 0.6) is 11.5 Å². The Morgan fingerprint density at radius 2 is 1.62 bits per heavy atom. The van der Waals surface area contributed by atoms with Crippen LogP contribution in [-0.4, -0.2) is 17.1 Å². The van der Waals surface area contributed by atoms with Gasteiger partial charge in [-0.2, -0.15) is 0 Å². The quantitative estimate of drug-likeness (QED) is 0.543. The molecule has 1 aromatic heterocycles. The lowest BCUT2D eigenvalue weighted by molar-refractivity contribution is 0.101. The van der Waals surface area contributed by atoms with E-state index in [0.29, 0.717) is 28.3 Å². The number of rotatable bonds is 5. The van der Waals surface area contributed by atoms with Crippen LogP contribution in [0.25, 0.3) is 11.1 Å². The molecular weight excluding hydrogens is 302 g/mol. The van der Waals surface area contributed by atoms with E-state index in [9.17, 15) is 9.59 Å². The highest BCUT2D eigenvalue weighted by Crippen LogP contribution is 2.32. The maximum atomic E-state index is 11.9. The Bertz CT molecular complexity index is 877. The molecule has 2 aromatic carbocycles. The van der Waals surface area contributed by atoms with Crippen LogP contribution in [0.15, 0.2) is 54.6 Å². The van der Waals surface area contributed by atoms with Gasteiger partial charge in [0.05, 0.1) is 5.69 Å². The minimum Gasteiger partial charge on any atom is -0.457 e. The lowest BCUT2D eigenvalue weighted by atomic mass is 9.98. The van der Waals surface area contributed by atoms with Crippen LogP contribution >= 0.6 is 0 Å². The topological polar surface area (TPSA) is 59.2 Å². The predicted octanol–water partition coefficient (Wildman–Crippen LogP) is 4.80. The van der Waals surface area contributed by atoms with Crippen LogP contribution in [0.2, 0.25) is 0 Å². The summed E-state index contributed by atoms with van der Waals surface area (Å²) < 4.78 is 5.76. The van der Waals surface area contributed by atoms with Gasteiger partial charge < -0.3 is 9.72 Å². The van der Waals surface area contributed by atoms with Crippen molar-refractivity contribution < 1.29 is 14.3 Å². The van der Waals surface area contributed by atoms with Crippen LogP contribution in [0.4, 0.5) is 0 Å². The number of H-pyrrole nitrogens is 1. The summed E-state index contributed by atoms with van der Waals surface area (Å²) in [6.07, 6.45) is 0.739. The molecule has 1 heterocycles. The highest BCUT2D eigenvalue weighted by molar-refractivity contribution is 6.06. The van der Waals surface area contributed by atoms with Gasteiger partial charge in [-0.1, -0.05) is 30.3 Å². The fourth-order valence-corrected chi connectivity index (χ4v) is 2.79. The highest BCUT2D eigenvalue weighted by Gasteiger charge is 2.19. The summed E-state index contributed by atoms with van der Waals surface area (Å²) >= 11 is 0. The standard InChI is InChI=1S/C20H17NO3/c1-13-19(14(2)23)20(18(12-22)21-13)15-8-10-17(11-9-15)24-16-6-4-3-5-7-16/h3-12,21H,1-2H3. The fourth-order valence-electron chi connectivity index (χ4n) is 2.79. The lowest BCUT2D eigenvalue weighted by Gasteiger charge is -2.08. The molecule has 3 rings (SSSR count). The molecule has 0 saturated carbocycles. The van der Waals surface area contributed by atoms with Gasteiger partial charge >= 0.3 is 0 Å². The van der Waals surface area contributed by atoms with Gasteiger partial charge in [-0.15, -0.1) is 0 Å². The molecule has 0 aliphatic heterocycles. The molecule has 0 bridgehead atoms. The third-order valence-electron chi connectivity index (χ3n) is 3.81. The minimum absolute atomic E-state index is 0.0727. The number of Topliss-reactive ketones (excluding diaryl/α,β-unsaturated/α-hetero) is 1. The molecule has 4 heteroatoms. The van der Waals surface area contributed by atoms with Crippen LogP contribution in [0.3, 0.4) is 0 Å². The van der Waals surface area contributed by atoms with Crippen LogP contribution < -0.4 is 4.74 Å². The number of aldehydes is 1. The molecule has 0 aliphatic rings. The largest absolute Gasteiger partial charge is 0.457 e. The van der Waals surface area contributed by atoms with Crippen molar-refractivity contribution in [1.29, 1.82) is 0 Å². The number of para-hydroxylation sites is 1. The number of ether oxygens (including phenoxy) is 1. The van der Waals surface area contributed by atoms with E-state index in [1.165, 1.54) is 6.92 Å². The van der Waals surface area contributed by atoms with E-state index in [2.05, 4.69) is 4.98 Å². The normalized spacial score (nSPS) is 10.4. The zero-order valence-electron chi connectivity index (χ0n) is 13.5. The number of carbonyl (C=O) groups is 2. The number of ketones is 1. The summed E-state index contributed by atoms with van der Waals surface area (Å²) in [6.45, 7) is 3.29. The Morgan fingerprint density at radius 1 is 1.00 bits per heavy atom. The van der Waals surface area contributed by atoms with Crippen LogP contribution in [0, 0.1) is 6.92 Å². The second-order valence-electron chi connectivity index (χ2n) is 5.53. The number of aryl methyl sites for hydroxylation is 1. The van der Waals surface area contributed by atoms with E-state index < -0.39 is 0 Å². The number of carbonyl (C=O) groups excluding carboxylic acids is 2. The summed E-state index contributed by atoms with van der Waals surface area (Å²) in [4.78, 5) is 26.2. The molecule has 0 amide bonds. The van der Waals surface area contributed by atoms with Crippen molar-refractivity contribution >= 4 is 12.1 Å². The van der Waals surface area contributed by atoms with Gasteiger partial charge in [-0.25, -0.2) is 0 Å². The van der Waals surface area contributed by atoms with Crippen molar-refractivity contribution in [2.75, 3.05) is 0 Å². The first-order valence-corrected chi connectivity index (χ1v) is 7.62. The Kier molecular flexibility index (Phi) is 4.29. The molecule has 3 aromatic rings. The summed E-state index contributed by atoms with van der Waals surface area (Å²) in [5.41, 5.74) is 3.10. The van der Waals surface area contributed by atoms with Gasteiger partial charge in [0.1, 0.15) is 11.5 Å². The van der Waals surface area contributed by atoms with E-state index >= 15 is 0 Å². The molecule has 0 aliphatic carbocycles. The molecule has 1 N–H and O–H groups in total. The summed E-state index contributed by atoms with van der Waals surface area (Å²) in [7, 11) is 0. The van der Waals surface area contributed by atoms with Crippen molar-refractivity contribution in [3.8, 4) is 22.6 Å². The molecule has 0 spiro atoms. The van der Waals surface area contributed by atoms with E-state index in [0.717, 1.165) is 17.6 Å². The molecule has 120 valence electrons. The molecule has 0 unspecified atom stereocenters. The molecule has 0 fully saturated rings. The second-order valence-corrected chi connectivity index (χ2v) is 5.53. The van der Waals surface area contributed by atoms with Crippen molar-refractivity contribution in [3.63, 3.8) is 0 Å². The van der Waals surface area contributed by atoms with Crippen molar-refractivity contribution in [2.24, 2.45) is 0 Å². The maximum Gasteiger partial charge on any atom is 0.166 e. The van der Waals surface area contributed by atoms with Crippen molar-refractivity contribution in [3.05, 3.63) is 71.5 Å². The molecular formula is C20H17NO3. The first-order valence-electron chi connectivity index (χ1n) is 7.62. The van der Waals surface area contributed by atoms with E-state index in [1.807, 2.05) is 54.6 Å². The van der Waals surface area contributed by atoms with Gasteiger partial charge in [-0.3, -0.25) is 9.59 Å². The van der Waals surface area contributed by atoms with E-state index in [4.69, 9.17) is 4.74 Å². The van der Waals surface area contributed by atoms with Crippen LogP contribution in [0.1, 0.15) is 33.5 Å². The average Bonchev–Trinajstić information content (AvgIpc) is 2.93. The Labute approximate surface area is 140 Å². The number of aromatic nitrogens is 1. The molecule has 0 atom stereocenters. The molecule has 24 heavy (non-hydrogen) atoms. The van der Waals surface area contributed by atoms with Gasteiger partial charge in [0.2, 0.25) is 0 Å². The lowest BCUT2D eigenvalue weighted by Crippen LogP contribution is -1.96. The number of hydrogen-bond acceptors (Lipinski definition) is 3. The van der Waals surface area contributed by atoms with E-state index in [-0.39, 0.29) is 5.78 Å². The second kappa shape index (κ2) is 6.54. The van der Waals surface area contributed by atoms with Gasteiger partial charge in [0.25, 0.3) is 0 Å². The Morgan fingerprint density at radius 3 is 2.21 bits per heavy atom. The number of hydrogen-bond donors (Lipinski definition) is 1. The van der Waals surface area contributed by atoms with Crippen molar-refractivity contribution in [2.45, 2.75) is 13.8 Å². The number of benzene rings is 2. The van der Waals surface area contributed by atoms with Gasteiger partial charge in [-0.05, 0) is 43.7 Å². The summed E-state index contributed by atoms with van der Waals surface area (Å²) in [5.74, 6) is 1.37. The number of nitrogens with one attached hydrogen (secondary N) is 1. The SMILES string of the molecule is CC(=O)c1c(C)[nH]c(C=O)c1-c1ccc(Oc2ccccc2)cc1. The predicted molar refractivity (Wildman–Crippen MR) is 92.9 cm³/mol. The average molecular weight is 319 g/mol. The molecule has 0 saturated heterocycles. The first kappa shape index (κ1) is 15.7. The van der Waals surface area contributed by atoms with Gasteiger partial charge in [0.15, 0.2) is 12.1 Å². The smallest absolute Gasteiger partial charge is 0.166 e. The maximum absolute atomic E-state index is 11.9. The fraction of sp³-hybridized carbons (Fsp3) is 0.100. The summed E-state index contributed by atoms with van der Waals surface area (Å²) in [6, 6.07) is 16.8. The zero-order valence-corrected chi connectivity index (χ0v) is 13.5. The third kappa shape index (κ3) is 2.99.